The molecule has 1 atom stereocenters. The van der Waals surface area contributed by atoms with Crippen LogP contribution in [-0.2, 0) is 16.0 Å². The lowest BCUT2D eigenvalue weighted by molar-refractivity contribution is -0.126. The van der Waals surface area contributed by atoms with Gasteiger partial charge in [0.15, 0.2) is 0 Å². The molecule has 3 rings (SSSR count). The molecule has 0 radical (unpaired) electrons. The molecule has 24 heavy (non-hydrogen) atoms. The van der Waals surface area contributed by atoms with Crippen LogP contribution < -0.4 is 10.6 Å². The zero-order valence-corrected chi connectivity index (χ0v) is 13.2. The Kier molecular flexibility index (Phi) is 4.29. The van der Waals surface area contributed by atoms with Crippen molar-refractivity contribution in [2.75, 3.05) is 12.4 Å². The number of amides is 4. The van der Waals surface area contributed by atoms with Crippen LogP contribution in [0.15, 0.2) is 54.6 Å². The van der Waals surface area contributed by atoms with Gasteiger partial charge in [-0.05, 0) is 23.3 Å². The molecular formula is C18H17N3O3. The summed E-state index contributed by atoms with van der Waals surface area (Å²) in [6.07, 6.45) is 0.296. The maximum absolute atomic E-state index is 12.0. The van der Waals surface area contributed by atoms with Crippen molar-refractivity contribution in [3.63, 3.8) is 0 Å². The fourth-order valence-corrected chi connectivity index (χ4v) is 2.55. The molecule has 2 aromatic carbocycles. The second kappa shape index (κ2) is 6.54. The first-order valence-corrected chi connectivity index (χ1v) is 7.56. The number of likely N-dealkylation sites (N-methyl/N-ethyl adjacent to an activating group) is 1. The van der Waals surface area contributed by atoms with E-state index in [-0.39, 0.29) is 11.8 Å². The van der Waals surface area contributed by atoms with Crippen LogP contribution in [0.5, 0.6) is 0 Å². The van der Waals surface area contributed by atoms with Gasteiger partial charge in [-0.25, -0.2) is 4.79 Å². The number of hydrogen-bond donors (Lipinski definition) is 2. The Morgan fingerprint density at radius 3 is 2.33 bits per heavy atom. The average molecular weight is 323 g/mol. The molecule has 4 amide bonds. The molecule has 0 saturated carbocycles. The number of carbonyl (C=O) groups excluding carboxylic acids is 3. The third-order valence-electron chi connectivity index (χ3n) is 3.89. The highest BCUT2D eigenvalue weighted by atomic mass is 16.2. The minimum Gasteiger partial charge on any atom is -0.326 e. The number of urea groups is 1. The van der Waals surface area contributed by atoms with Gasteiger partial charge in [-0.2, -0.15) is 0 Å². The molecular weight excluding hydrogens is 306 g/mol. The van der Waals surface area contributed by atoms with Crippen molar-refractivity contribution < 1.29 is 14.4 Å². The van der Waals surface area contributed by atoms with E-state index < -0.39 is 12.1 Å². The van der Waals surface area contributed by atoms with Crippen molar-refractivity contribution >= 4 is 23.5 Å². The number of nitrogens with zero attached hydrogens (tertiary/aromatic N) is 1. The fourth-order valence-electron chi connectivity index (χ4n) is 2.55. The summed E-state index contributed by atoms with van der Waals surface area (Å²) < 4.78 is 0. The van der Waals surface area contributed by atoms with E-state index in [0.717, 1.165) is 10.5 Å². The minimum atomic E-state index is -0.670. The lowest BCUT2D eigenvalue weighted by Gasteiger charge is -2.10. The van der Waals surface area contributed by atoms with E-state index in [2.05, 4.69) is 10.6 Å². The molecule has 2 aromatic rings. The van der Waals surface area contributed by atoms with Crippen LogP contribution in [0, 0.1) is 0 Å². The lowest BCUT2D eigenvalue weighted by Crippen LogP contribution is -2.25. The molecule has 1 heterocycles. The van der Waals surface area contributed by atoms with Gasteiger partial charge >= 0.3 is 6.03 Å². The Hall–Kier alpha value is -3.15. The van der Waals surface area contributed by atoms with E-state index in [1.807, 2.05) is 30.3 Å². The summed E-state index contributed by atoms with van der Waals surface area (Å²) in [5, 5.41) is 5.43. The Morgan fingerprint density at radius 1 is 1.08 bits per heavy atom. The summed E-state index contributed by atoms with van der Waals surface area (Å²) in [6, 6.07) is 15.3. The van der Waals surface area contributed by atoms with Crippen LogP contribution >= 0.6 is 0 Å². The third-order valence-corrected chi connectivity index (χ3v) is 3.89. The van der Waals surface area contributed by atoms with E-state index in [9.17, 15) is 14.4 Å². The maximum atomic E-state index is 12.0. The Bertz CT molecular complexity index is 772. The molecule has 0 aromatic heterocycles. The van der Waals surface area contributed by atoms with E-state index in [0.29, 0.717) is 17.7 Å². The molecule has 1 aliphatic rings. The summed E-state index contributed by atoms with van der Waals surface area (Å²) in [5.74, 6) is -0.403. The molecule has 0 spiro atoms. The van der Waals surface area contributed by atoms with Gasteiger partial charge in [-0.1, -0.05) is 42.5 Å². The molecule has 0 bridgehead atoms. The summed E-state index contributed by atoms with van der Waals surface area (Å²) in [6.45, 7) is 0. The number of benzene rings is 2. The number of carbonyl (C=O) groups is 3. The first kappa shape index (κ1) is 15.7. The second-order valence-corrected chi connectivity index (χ2v) is 5.61. The third kappa shape index (κ3) is 3.27. The van der Waals surface area contributed by atoms with Crippen molar-refractivity contribution in [1.29, 1.82) is 0 Å². The van der Waals surface area contributed by atoms with Crippen molar-refractivity contribution in [2.24, 2.45) is 0 Å². The Morgan fingerprint density at radius 2 is 1.75 bits per heavy atom. The highest BCUT2D eigenvalue weighted by Gasteiger charge is 2.36. The van der Waals surface area contributed by atoms with Crippen molar-refractivity contribution in [3.05, 3.63) is 65.7 Å². The fraction of sp³-hybridized carbons (Fsp3) is 0.167. The molecule has 1 aliphatic heterocycles. The molecule has 6 heteroatoms. The van der Waals surface area contributed by atoms with Crippen LogP contribution in [0.4, 0.5) is 10.5 Å². The zero-order chi connectivity index (χ0) is 17.1. The van der Waals surface area contributed by atoms with Crippen LogP contribution in [-0.4, -0.2) is 29.8 Å². The highest BCUT2D eigenvalue weighted by molar-refractivity contribution is 6.04. The van der Waals surface area contributed by atoms with Crippen LogP contribution in [0.2, 0.25) is 0 Å². The van der Waals surface area contributed by atoms with Gasteiger partial charge in [0.2, 0.25) is 5.91 Å². The molecule has 1 saturated heterocycles. The van der Waals surface area contributed by atoms with Gasteiger partial charge in [-0.15, -0.1) is 0 Å². The summed E-state index contributed by atoms with van der Waals surface area (Å²) in [5.41, 5.74) is 2.26. The maximum Gasteiger partial charge on any atom is 0.324 e. The van der Waals surface area contributed by atoms with Crippen molar-refractivity contribution in [3.8, 4) is 0 Å². The van der Waals surface area contributed by atoms with Gasteiger partial charge in [0.25, 0.3) is 5.91 Å². The largest absolute Gasteiger partial charge is 0.326 e. The van der Waals surface area contributed by atoms with E-state index in [1.54, 1.807) is 24.3 Å². The molecule has 2 N–H and O–H groups in total. The van der Waals surface area contributed by atoms with Gasteiger partial charge in [0.1, 0.15) is 6.04 Å². The van der Waals surface area contributed by atoms with Gasteiger partial charge in [0.05, 0.1) is 6.42 Å². The van der Waals surface area contributed by atoms with Gasteiger partial charge in [-0.3, -0.25) is 14.5 Å². The quantitative estimate of drug-likeness (QED) is 0.846. The zero-order valence-electron chi connectivity index (χ0n) is 13.2. The van der Waals surface area contributed by atoms with E-state index >= 15 is 0 Å². The van der Waals surface area contributed by atoms with E-state index in [1.165, 1.54) is 7.05 Å². The average Bonchev–Trinajstić information content (AvgIpc) is 2.84. The summed E-state index contributed by atoms with van der Waals surface area (Å²) in [4.78, 5) is 36.5. The lowest BCUT2D eigenvalue weighted by atomic mass is 10.1. The first-order chi connectivity index (χ1) is 11.5. The topological polar surface area (TPSA) is 78.5 Å². The number of imide groups is 1. The van der Waals surface area contributed by atoms with Crippen molar-refractivity contribution in [1.82, 2.24) is 10.2 Å². The SMILES string of the molecule is CN1C(=O)NC(c2ccc(NC(=O)Cc3ccccc3)cc2)C1=O. The number of anilines is 1. The smallest absolute Gasteiger partial charge is 0.324 e. The Labute approximate surface area is 139 Å². The number of nitrogens with one attached hydrogen (secondary N) is 2. The van der Waals surface area contributed by atoms with Crippen LogP contribution in [0.25, 0.3) is 0 Å². The highest BCUT2D eigenvalue weighted by Crippen LogP contribution is 2.22. The second-order valence-electron chi connectivity index (χ2n) is 5.61. The number of hydrogen-bond acceptors (Lipinski definition) is 3. The minimum absolute atomic E-state index is 0.112. The van der Waals surface area contributed by atoms with E-state index in [4.69, 9.17) is 0 Å². The van der Waals surface area contributed by atoms with Crippen LogP contribution in [0.1, 0.15) is 17.2 Å². The first-order valence-electron chi connectivity index (χ1n) is 7.56. The summed E-state index contributed by atoms with van der Waals surface area (Å²) >= 11 is 0. The normalized spacial score (nSPS) is 16.9. The Balaban J connectivity index is 1.64. The number of rotatable bonds is 4. The predicted molar refractivity (Wildman–Crippen MR) is 89.3 cm³/mol. The summed E-state index contributed by atoms with van der Waals surface area (Å²) in [7, 11) is 1.44. The van der Waals surface area contributed by atoms with Gasteiger partial charge in [0, 0.05) is 12.7 Å². The molecule has 1 unspecified atom stereocenters. The molecule has 6 nitrogen and oxygen atoms in total. The van der Waals surface area contributed by atoms with Crippen molar-refractivity contribution in [2.45, 2.75) is 12.5 Å². The predicted octanol–water partition coefficient (Wildman–Crippen LogP) is 2.09. The monoisotopic (exact) mass is 323 g/mol. The van der Waals surface area contributed by atoms with Crippen LogP contribution in [0.3, 0.4) is 0 Å². The van der Waals surface area contributed by atoms with Gasteiger partial charge < -0.3 is 10.6 Å². The standard InChI is InChI=1S/C18H17N3O3/c1-21-17(23)16(20-18(21)24)13-7-9-14(10-8-13)19-15(22)11-12-5-3-2-4-6-12/h2-10,16H,11H2,1H3,(H,19,22)(H,20,24). The molecule has 0 aliphatic carbocycles. The molecule has 1 fully saturated rings. The molecule has 122 valence electrons.